The predicted octanol–water partition coefficient (Wildman–Crippen LogP) is 4.21. The standard InChI is InChI=1S/C29H24FN5O5/c1-18(36)39-24-9-3-20(17-25(24)40-19(2)37)4-10-26(38)34-16-15-32-35-28(22-11-13-31-14-12-22)27(33-29(34)35)21-5-7-23(30)8-6-21/h3-14,17,32H,15-16H2,1-2H3/b10-4+. The van der Waals surface area contributed by atoms with Crippen LogP contribution in [0.5, 0.6) is 11.5 Å². The second-order valence-corrected chi connectivity index (χ2v) is 8.81. The lowest BCUT2D eigenvalue weighted by molar-refractivity contribution is -0.134. The topological polar surface area (TPSA) is 116 Å². The zero-order chi connectivity index (χ0) is 28.2. The van der Waals surface area contributed by atoms with Crippen molar-refractivity contribution in [2.45, 2.75) is 13.8 Å². The number of fused-ring (bicyclic) bond motifs is 1. The predicted molar refractivity (Wildman–Crippen MR) is 146 cm³/mol. The molecule has 1 amide bonds. The van der Waals surface area contributed by atoms with E-state index in [9.17, 15) is 18.8 Å². The van der Waals surface area contributed by atoms with Gasteiger partial charge in [-0.15, -0.1) is 0 Å². The lowest BCUT2D eigenvalue weighted by atomic mass is 10.1. The first-order valence-electron chi connectivity index (χ1n) is 12.3. The number of benzene rings is 2. The fraction of sp³-hybridized carbons (Fsp3) is 0.138. The highest BCUT2D eigenvalue weighted by Crippen LogP contribution is 2.36. The molecule has 0 saturated carbocycles. The van der Waals surface area contributed by atoms with E-state index in [4.69, 9.17) is 14.5 Å². The van der Waals surface area contributed by atoms with E-state index in [-0.39, 0.29) is 23.2 Å². The number of rotatable bonds is 6. The summed E-state index contributed by atoms with van der Waals surface area (Å²) in [7, 11) is 0. The van der Waals surface area contributed by atoms with Crippen LogP contribution in [-0.4, -0.2) is 45.6 Å². The van der Waals surface area contributed by atoms with E-state index >= 15 is 0 Å². The van der Waals surface area contributed by atoms with Crippen LogP contribution in [0.4, 0.5) is 10.3 Å². The molecular weight excluding hydrogens is 517 g/mol. The number of amides is 1. The zero-order valence-corrected chi connectivity index (χ0v) is 21.6. The summed E-state index contributed by atoms with van der Waals surface area (Å²) in [6, 6.07) is 14.3. The summed E-state index contributed by atoms with van der Waals surface area (Å²) in [6.45, 7) is 3.28. The van der Waals surface area contributed by atoms with Gasteiger partial charge >= 0.3 is 11.9 Å². The molecule has 2 aromatic heterocycles. The van der Waals surface area contributed by atoms with E-state index in [2.05, 4.69) is 10.4 Å². The van der Waals surface area contributed by atoms with Gasteiger partial charge in [0.25, 0.3) is 5.91 Å². The molecule has 1 aliphatic heterocycles. The number of anilines is 1. The Hall–Kier alpha value is -5.32. The molecule has 0 fully saturated rings. The largest absolute Gasteiger partial charge is 0.423 e. The molecule has 40 heavy (non-hydrogen) atoms. The molecule has 2 aromatic carbocycles. The molecule has 11 heteroatoms. The maximum Gasteiger partial charge on any atom is 0.308 e. The van der Waals surface area contributed by atoms with Crippen molar-refractivity contribution in [2.75, 3.05) is 23.4 Å². The lowest BCUT2D eigenvalue weighted by Crippen LogP contribution is -2.43. The highest BCUT2D eigenvalue weighted by molar-refractivity contribution is 6.04. The number of nitrogens with one attached hydrogen (secondary N) is 1. The van der Waals surface area contributed by atoms with E-state index in [0.29, 0.717) is 41.6 Å². The molecule has 0 saturated heterocycles. The number of hydrogen-bond donors (Lipinski definition) is 1. The Morgan fingerprint density at radius 1 is 0.925 bits per heavy atom. The van der Waals surface area contributed by atoms with Crippen LogP contribution in [0, 0.1) is 5.82 Å². The van der Waals surface area contributed by atoms with Gasteiger partial charge in [-0.05, 0) is 60.2 Å². The molecule has 10 nitrogen and oxygen atoms in total. The molecule has 0 unspecified atom stereocenters. The third kappa shape index (κ3) is 5.58. The van der Waals surface area contributed by atoms with Crippen molar-refractivity contribution >= 4 is 29.9 Å². The van der Waals surface area contributed by atoms with Gasteiger partial charge in [0.15, 0.2) is 11.5 Å². The van der Waals surface area contributed by atoms with Crippen LogP contribution in [0.3, 0.4) is 0 Å². The normalized spacial score (nSPS) is 12.5. The van der Waals surface area contributed by atoms with E-state index in [1.807, 2.05) is 12.1 Å². The molecule has 4 aromatic rings. The van der Waals surface area contributed by atoms with E-state index < -0.39 is 11.9 Å². The second kappa shape index (κ2) is 11.2. The number of halogens is 1. The third-order valence-electron chi connectivity index (χ3n) is 5.94. The van der Waals surface area contributed by atoms with Crippen molar-refractivity contribution in [1.29, 1.82) is 0 Å². The maximum atomic E-state index is 13.7. The fourth-order valence-electron chi connectivity index (χ4n) is 4.27. The van der Waals surface area contributed by atoms with Crippen molar-refractivity contribution in [3.8, 4) is 34.0 Å². The van der Waals surface area contributed by atoms with Gasteiger partial charge in [0, 0.05) is 56.5 Å². The summed E-state index contributed by atoms with van der Waals surface area (Å²) in [5, 5.41) is 0. The number of hydrogen-bond acceptors (Lipinski definition) is 8. The number of aromatic nitrogens is 3. The molecule has 0 bridgehead atoms. The zero-order valence-electron chi connectivity index (χ0n) is 21.6. The SMILES string of the molecule is CC(=O)Oc1ccc(/C=C/C(=O)N2CCNn3c2nc(-c2ccc(F)cc2)c3-c2ccncc2)cc1OC(C)=O. The Labute approximate surface area is 228 Å². The van der Waals surface area contributed by atoms with Gasteiger partial charge in [0.1, 0.15) is 11.5 Å². The third-order valence-corrected chi connectivity index (χ3v) is 5.94. The summed E-state index contributed by atoms with van der Waals surface area (Å²) >= 11 is 0. The molecule has 0 radical (unpaired) electrons. The lowest BCUT2D eigenvalue weighted by Gasteiger charge is -2.28. The number of esters is 2. The molecule has 0 aliphatic carbocycles. The van der Waals surface area contributed by atoms with Gasteiger partial charge in [-0.1, -0.05) is 6.07 Å². The van der Waals surface area contributed by atoms with Crippen molar-refractivity contribution in [3.63, 3.8) is 0 Å². The fourth-order valence-corrected chi connectivity index (χ4v) is 4.27. The average molecular weight is 542 g/mol. The first-order valence-corrected chi connectivity index (χ1v) is 12.3. The van der Waals surface area contributed by atoms with Crippen LogP contribution in [-0.2, 0) is 14.4 Å². The van der Waals surface area contributed by atoms with Crippen LogP contribution in [0.1, 0.15) is 19.4 Å². The quantitative estimate of drug-likeness (QED) is 0.219. The first kappa shape index (κ1) is 26.3. The van der Waals surface area contributed by atoms with Crippen molar-refractivity contribution < 1.29 is 28.2 Å². The monoisotopic (exact) mass is 541 g/mol. The number of pyridine rings is 1. The second-order valence-electron chi connectivity index (χ2n) is 8.81. The Morgan fingerprint density at radius 2 is 1.62 bits per heavy atom. The van der Waals surface area contributed by atoms with Crippen LogP contribution in [0.25, 0.3) is 28.6 Å². The minimum Gasteiger partial charge on any atom is -0.423 e. The summed E-state index contributed by atoms with van der Waals surface area (Å²) in [5.41, 5.74) is 6.62. The minimum atomic E-state index is -0.583. The molecule has 1 aliphatic rings. The molecular formula is C29H24FN5O5. The van der Waals surface area contributed by atoms with Crippen LogP contribution in [0.15, 0.2) is 73.1 Å². The van der Waals surface area contributed by atoms with Gasteiger partial charge in [0.05, 0.1) is 5.69 Å². The summed E-state index contributed by atoms with van der Waals surface area (Å²) < 4.78 is 25.7. The Kier molecular flexibility index (Phi) is 7.36. The maximum absolute atomic E-state index is 13.7. The van der Waals surface area contributed by atoms with Crippen molar-refractivity contribution in [1.82, 2.24) is 14.6 Å². The smallest absolute Gasteiger partial charge is 0.308 e. The number of carbonyl (C=O) groups is 3. The van der Waals surface area contributed by atoms with E-state index in [0.717, 1.165) is 5.56 Å². The molecule has 0 spiro atoms. The molecule has 202 valence electrons. The highest BCUT2D eigenvalue weighted by Gasteiger charge is 2.29. The number of imidazole rings is 1. The van der Waals surface area contributed by atoms with Gasteiger partial charge < -0.3 is 14.9 Å². The van der Waals surface area contributed by atoms with Gasteiger partial charge in [0.2, 0.25) is 5.95 Å². The molecule has 3 heterocycles. The Bertz CT molecular complexity index is 1620. The minimum absolute atomic E-state index is 0.0564. The Balaban J connectivity index is 1.49. The highest BCUT2D eigenvalue weighted by atomic mass is 19.1. The molecule has 1 N–H and O–H groups in total. The van der Waals surface area contributed by atoms with Crippen molar-refractivity contribution in [2.24, 2.45) is 0 Å². The number of nitrogens with zero attached hydrogens (tertiary/aromatic N) is 4. The van der Waals surface area contributed by atoms with Crippen molar-refractivity contribution in [3.05, 3.63) is 84.4 Å². The number of ether oxygens (including phenoxy) is 2. The van der Waals surface area contributed by atoms with E-state index in [1.54, 1.807) is 41.3 Å². The molecule has 5 rings (SSSR count). The summed E-state index contributed by atoms with van der Waals surface area (Å²) in [4.78, 5) is 46.7. The van der Waals surface area contributed by atoms with Gasteiger partial charge in [-0.25, -0.2) is 14.1 Å². The summed E-state index contributed by atoms with van der Waals surface area (Å²) in [5.74, 6) is -1.33. The van der Waals surface area contributed by atoms with Crippen LogP contribution in [0.2, 0.25) is 0 Å². The Morgan fingerprint density at radius 3 is 2.33 bits per heavy atom. The van der Waals surface area contributed by atoms with Gasteiger partial charge in [-0.2, -0.15) is 0 Å². The van der Waals surface area contributed by atoms with Crippen LogP contribution < -0.4 is 19.8 Å². The van der Waals surface area contributed by atoms with Gasteiger partial charge in [-0.3, -0.25) is 24.3 Å². The average Bonchev–Trinajstić information content (AvgIpc) is 3.33. The van der Waals surface area contributed by atoms with Crippen LogP contribution >= 0.6 is 0 Å². The first-order chi connectivity index (χ1) is 19.3. The summed E-state index contributed by atoms with van der Waals surface area (Å²) in [6.07, 6.45) is 6.27. The number of carbonyl (C=O) groups excluding carboxylic acids is 3. The van der Waals surface area contributed by atoms with E-state index in [1.165, 1.54) is 49.1 Å². The molecule has 0 atom stereocenters.